The third-order valence-electron chi connectivity index (χ3n) is 9.84. The molecule has 31 heavy (non-hydrogen) atoms. The summed E-state index contributed by atoms with van der Waals surface area (Å²) in [6, 6.07) is 0. The Hall–Kier alpha value is -1.97. The Kier molecular flexibility index (Phi) is 4.40. The number of esters is 1. The molecule has 0 aromatic carbocycles. The number of carbonyl (C=O) groups excluding carboxylic acids is 3. The summed E-state index contributed by atoms with van der Waals surface area (Å²) in [5, 5.41) is 0. The van der Waals surface area contributed by atoms with Gasteiger partial charge in [0, 0.05) is 22.5 Å². The molecule has 166 valence electrons. The van der Waals surface area contributed by atoms with Gasteiger partial charge in [0.1, 0.15) is 0 Å². The zero-order valence-electron chi connectivity index (χ0n) is 19.4. The number of allylic oxidation sites excluding steroid dienone is 6. The second-order valence-corrected chi connectivity index (χ2v) is 11.4. The molecule has 2 bridgehead atoms. The van der Waals surface area contributed by atoms with Crippen LogP contribution in [0.25, 0.3) is 0 Å². The van der Waals surface area contributed by atoms with E-state index in [4.69, 9.17) is 4.74 Å². The van der Waals surface area contributed by atoms with Gasteiger partial charge in [-0.2, -0.15) is 0 Å². The van der Waals surface area contributed by atoms with Gasteiger partial charge in [-0.25, -0.2) is 0 Å². The lowest BCUT2D eigenvalue weighted by Crippen LogP contribution is -2.62. The summed E-state index contributed by atoms with van der Waals surface area (Å²) < 4.78 is 5.28. The zero-order chi connectivity index (χ0) is 22.3. The Labute approximate surface area is 185 Å². The summed E-state index contributed by atoms with van der Waals surface area (Å²) in [7, 11) is 1.50. The molecular formula is C27H34O4. The lowest BCUT2D eigenvalue weighted by Gasteiger charge is -2.66. The lowest BCUT2D eigenvalue weighted by molar-refractivity contribution is -0.178. The van der Waals surface area contributed by atoms with Crippen LogP contribution in [0.5, 0.6) is 0 Å². The van der Waals surface area contributed by atoms with Crippen LogP contribution in [-0.4, -0.2) is 24.6 Å². The number of ether oxygens (including phenoxy) is 1. The predicted octanol–water partition coefficient (Wildman–Crippen LogP) is 4.99. The maximum atomic E-state index is 13.2. The molecule has 6 aliphatic rings. The first-order valence-corrected chi connectivity index (χ1v) is 11.9. The minimum Gasteiger partial charge on any atom is -0.469 e. The maximum Gasteiger partial charge on any atom is 0.311 e. The van der Waals surface area contributed by atoms with E-state index in [2.05, 4.69) is 33.8 Å². The van der Waals surface area contributed by atoms with Crippen LogP contribution in [0.2, 0.25) is 0 Å². The van der Waals surface area contributed by atoms with Crippen LogP contribution in [0.1, 0.15) is 66.2 Å². The third-order valence-corrected chi connectivity index (χ3v) is 9.84. The number of rotatable bonds is 2. The van der Waals surface area contributed by atoms with Crippen molar-refractivity contribution in [3.05, 3.63) is 34.9 Å². The fraction of sp³-hybridized carbons (Fsp3) is 0.667. The number of hydrogen-bond donors (Lipinski definition) is 0. The average Bonchev–Trinajstić information content (AvgIpc) is 2.74. The molecule has 2 saturated carbocycles. The number of ketones is 2. The summed E-state index contributed by atoms with van der Waals surface area (Å²) in [5.41, 5.74) is 1.99. The lowest BCUT2D eigenvalue weighted by atomic mass is 9.36. The van der Waals surface area contributed by atoms with Gasteiger partial charge in [0.25, 0.3) is 0 Å². The van der Waals surface area contributed by atoms with E-state index >= 15 is 0 Å². The fourth-order valence-electron chi connectivity index (χ4n) is 8.65. The van der Waals surface area contributed by atoms with Crippen molar-refractivity contribution in [2.45, 2.75) is 66.2 Å². The van der Waals surface area contributed by atoms with Crippen LogP contribution in [0, 0.1) is 39.9 Å². The second kappa shape index (κ2) is 6.52. The van der Waals surface area contributed by atoms with Crippen molar-refractivity contribution >= 4 is 17.5 Å². The van der Waals surface area contributed by atoms with Gasteiger partial charge in [-0.15, -0.1) is 0 Å². The summed E-state index contributed by atoms with van der Waals surface area (Å²) >= 11 is 0. The minimum absolute atomic E-state index is 0.0249. The topological polar surface area (TPSA) is 60.4 Å². The summed E-state index contributed by atoms with van der Waals surface area (Å²) in [6.07, 6.45) is 10.9. The van der Waals surface area contributed by atoms with Gasteiger partial charge >= 0.3 is 5.97 Å². The highest BCUT2D eigenvalue weighted by Gasteiger charge is 2.67. The molecule has 0 N–H and O–H groups in total. The highest BCUT2D eigenvalue weighted by Crippen LogP contribution is 2.72. The van der Waals surface area contributed by atoms with E-state index < -0.39 is 5.41 Å². The smallest absolute Gasteiger partial charge is 0.311 e. The van der Waals surface area contributed by atoms with Crippen molar-refractivity contribution < 1.29 is 19.1 Å². The van der Waals surface area contributed by atoms with E-state index in [9.17, 15) is 14.4 Å². The van der Waals surface area contributed by atoms with Gasteiger partial charge in [-0.3, -0.25) is 14.4 Å². The normalized spacial score (nSPS) is 43.4. The summed E-state index contributed by atoms with van der Waals surface area (Å²) in [4.78, 5) is 39.2. The number of fused-ring (bicyclic) bond motifs is 1. The quantitative estimate of drug-likeness (QED) is 0.357. The molecule has 6 atom stereocenters. The largest absolute Gasteiger partial charge is 0.469 e. The minimum atomic E-state index is -0.478. The van der Waals surface area contributed by atoms with E-state index in [1.807, 2.05) is 0 Å². The van der Waals surface area contributed by atoms with E-state index in [0.717, 1.165) is 49.7 Å². The molecule has 0 amide bonds. The Balaban J connectivity index is 1.69. The number of carbonyl (C=O) groups is 3. The monoisotopic (exact) mass is 422 g/mol. The molecule has 0 aliphatic heterocycles. The Morgan fingerprint density at radius 3 is 2.45 bits per heavy atom. The molecule has 6 aliphatic carbocycles. The molecule has 6 rings (SSSR count). The summed E-state index contributed by atoms with van der Waals surface area (Å²) in [6.45, 7) is 8.85. The summed E-state index contributed by atoms with van der Waals surface area (Å²) in [5.74, 6) is 0.855. The van der Waals surface area contributed by atoms with Gasteiger partial charge in [0.2, 0.25) is 0 Å². The highest BCUT2D eigenvalue weighted by molar-refractivity contribution is 6.22. The standard InChI is InChI=1S/C27H34O4/c1-15(2)17-14-27-12-9-20-25(3,10-6-11-26(20,4)24(30)31-5)21(27)13-16(17)22-18(28)7-8-19(29)23(22)27/h7-8,14-16,20-21H,6,9-13H2,1-5H3/t16-,20+,21+,25-,26+,27-/m0/s1. The Morgan fingerprint density at radius 1 is 1.06 bits per heavy atom. The van der Waals surface area contributed by atoms with Gasteiger partial charge in [0.15, 0.2) is 11.6 Å². The van der Waals surface area contributed by atoms with E-state index in [0.29, 0.717) is 5.92 Å². The second-order valence-electron chi connectivity index (χ2n) is 11.4. The first-order chi connectivity index (χ1) is 14.6. The zero-order valence-corrected chi connectivity index (χ0v) is 19.4. The molecule has 0 heterocycles. The first kappa shape index (κ1) is 20.9. The van der Waals surface area contributed by atoms with Crippen molar-refractivity contribution in [3.8, 4) is 0 Å². The Morgan fingerprint density at radius 2 is 1.77 bits per heavy atom. The van der Waals surface area contributed by atoms with Crippen LogP contribution in [-0.2, 0) is 19.1 Å². The molecular weight excluding hydrogens is 388 g/mol. The molecule has 4 nitrogen and oxygen atoms in total. The van der Waals surface area contributed by atoms with Crippen molar-refractivity contribution in [1.82, 2.24) is 0 Å². The Bertz CT molecular complexity index is 981. The van der Waals surface area contributed by atoms with Crippen molar-refractivity contribution in [1.29, 1.82) is 0 Å². The van der Waals surface area contributed by atoms with Crippen molar-refractivity contribution in [2.75, 3.05) is 7.11 Å². The van der Waals surface area contributed by atoms with Gasteiger partial charge in [0.05, 0.1) is 12.5 Å². The molecule has 1 spiro atoms. The van der Waals surface area contributed by atoms with Crippen LogP contribution in [0.3, 0.4) is 0 Å². The molecule has 0 aromatic heterocycles. The van der Waals surface area contributed by atoms with Crippen LogP contribution < -0.4 is 0 Å². The van der Waals surface area contributed by atoms with E-state index in [-0.39, 0.29) is 46.1 Å². The first-order valence-electron chi connectivity index (χ1n) is 11.9. The molecule has 2 fully saturated rings. The van der Waals surface area contributed by atoms with Gasteiger partial charge in [-0.05, 0) is 74.3 Å². The van der Waals surface area contributed by atoms with Crippen LogP contribution in [0.15, 0.2) is 34.9 Å². The average molecular weight is 423 g/mol. The third kappa shape index (κ3) is 2.45. The van der Waals surface area contributed by atoms with E-state index in [1.165, 1.54) is 24.8 Å². The predicted molar refractivity (Wildman–Crippen MR) is 118 cm³/mol. The molecule has 0 aromatic rings. The molecule has 0 saturated heterocycles. The van der Waals surface area contributed by atoms with Crippen molar-refractivity contribution in [2.24, 2.45) is 39.9 Å². The van der Waals surface area contributed by atoms with Crippen LogP contribution in [0.4, 0.5) is 0 Å². The number of methoxy groups -OCH3 is 1. The molecule has 0 radical (unpaired) electrons. The molecule has 0 unspecified atom stereocenters. The fourth-order valence-corrected chi connectivity index (χ4v) is 8.65. The maximum absolute atomic E-state index is 13.2. The van der Waals surface area contributed by atoms with Gasteiger partial charge < -0.3 is 4.74 Å². The molecule has 4 heteroatoms. The van der Waals surface area contributed by atoms with Gasteiger partial charge in [-0.1, -0.05) is 38.8 Å². The van der Waals surface area contributed by atoms with Crippen LogP contribution >= 0.6 is 0 Å². The SMILES string of the molecule is COC(=O)[C@]1(C)CCC[C@@]2(C)[C@H]1CC[C@]13C=C(C(C)C)[C@H](C[C@H]21)C1=C3C(=O)C=CC1=O. The highest BCUT2D eigenvalue weighted by atomic mass is 16.5. The number of hydrogen-bond acceptors (Lipinski definition) is 4. The van der Waals surface area contributed by atoms with E-state index in [1.54, 1.807) is 0 Å². The van der Waals surface area contributed by atoms with Crippen molar-refractivity contribution in [3.63, 3.8) is 0 Å².